The van der Waals surface area contributed by atoms with Crippen molar-refractivity contribution in [3.8, 4) is 0 Å². The minimum atomic E-state index is -1.08. The summed E-state index contributed by atoms with van der Waals surface area (Å²) in [7, 11) is 0. The molecular weight excluding hydrogens is 181 g/mol. The van der Waals surface area contributed by atoms with Crippen molar-refractivity contribution in [2.75, 3.05) is 0 Å². The molecule has 0 saturated carbocycles. The Morgan fingerprint density at radius 1 is 1.43 bits per heavy atom. The maximum absolute atomic E-state index is 10.1. The van der Waals surface area contributed by atoms with Gasteiger partial charge in [0.25, 0.3) is 0 Å². The van der Waals surface area contributed by atoms with Gasteiger partial charge in [0.05, 0.1) is 0 Å². The maximum atomic E-state index is 10.1. The van der Waals surface area contributed by atoms with E-state index in [0.29, 0.717) is 0 Å². The second-order valence-electron chi connectivity index (χ2n) is 2.01. The number of carbonyl (C=O) groups is 2. The molecule has 0 fully saturated rings. The van der Waals surface area contributed by atoms with Crippen LogP contribution in [-0.2, 0) is 4.79 Å². The minimum absolute atomic E-state index is 0. The van der Waals surface area contributed by atoms with Crippen molar-refractivity contribution < 1.29 is 38.7 Å². The Morgan fingerprint density at radius 3 is 2.14 bits per heavy atom. The van der Waals surface area contributed by atoms with E-state index in [1.54, 1.807) is 12.1 Å². The van der Waals surface area contributed by atoms with Crippen molar-refractivity contribution >= 4 is 11.9 Å². The number of hydrogen-bond acceptors (Lipinski definition) is 4. The van der Waals surface area contributed by atoms with Gasteiger partial charge in [0.2, 0.25) is 0 Å². The summed E-state index contributed by atoms with van der Waals surface area (Å²) in [5, 5.41) is 17.2. The molecule has 0 atom stereocenters. The molecule has 0 bridgehead atoms. The van der Waals surface area contributed by atoms with Crippen molar-refractivity contribution in [3.05, 3.63) is 30.1 Å². The number of nitrogens with zero attached hydrogens (tertiary/aromatic N) is 1. The SMILES string of the molecule is CC(=O)[O-].O=C(O)c1ccccn1.[Li+]. The van der Waals surface area contributed by atoms with Gasteiger partial charge < -0.3 is 15.0 Å². The molecule has 1 N–H and O–H groups in total. The number of rotatable bonds is 1. The number of pyridine rings is 1. The van der Waals surface area contributed by atoms with Gasteiger partial charge in [-0.3, -0.25) is 0 Å². The summed E-state index contributed by atoms with van der Waals surface area (Å²) in [5.41, 5.74) is 0.0810. The van der Waals surface area contributed by atoms with Crippen molar-refractivity contribution in [1.29, 1.82) is 0 Å². The largest absolute Gasteiger partial charge is 1.00 e. The quantitative estimate of drug-likeness (QED) is 0.464. The number of hydrogen-bond donors (Lipinski definition) is 1. The maximum Gasteiger partial charge on any atom is 1.00 e. The molecule has 0 radical (unpaired) electrons. The summed E-state index contributed by atoms with van der Waals surface area (Å²) in [6.07, 6.45) is 1.45. The van der Waals surface area contributed by atoms with Crippen molar-refractivity contribution in [2.24, 2.45) is 0 Å². The zero-order valence-corrected chi connectivity index (χ0v) is 7.93. The predicted molar refractivity (Wildman–Crippen MR) is 41.9 cm³/mol. The van der Waals surface area contributed by atoms with E-state index in [-0.39, 0.29) is 24.6 Å². The van der Waals surface area contributed by atoms with E-state index in [9.17, 15) is 4.79 Å². The van der Waals surface area contributed by atoms with E-state index in [1.165, 1.54) is 12.3 Å². The van der Waals surface area contributed by atoms with Crippen molar-refractivity contribution in [3.63, 3.8) is 0 Å². The average Bonchev–Trinajstić information content (AvgIpc) is 2.05. The van der Waals surface area contributed by atoms with Gasteiger partial charge in [-0.2, -0.15) is 0 Å². The summed E-state index contributed by atoms with van der Waals surface area (Å²) in [6.45, 7) is 0.972. The first kappa shape index (κ1) is 15.2. The van der Waals surface area contributed by atoms with E-state index in [4.69, 9.17) is 15.0 Å². The van der Waals surface area contributed by atoms with Gasteiger partial charge in [0.15, 0.2) is 0 Å². The zero-order chi connectivity index (χ0) is 10.3. The molecule has 0 saturated heterocycles. The van der Waals surface area contributed by atoms with E-state index >= 15 is 0 Å². The molecule has 6 heteroatoms. The Kier molecular flexibility index (Phi) is 8.99. The molecule has 1 heterocycles. The fourth-order valence-corrected chi connectivity index (χ4v) is 0.489. The molecule has 0 aliphatic rings. The Hall–Kier alpha value is -1.31. The average molecular weight is 189 g/mol. The first-order valence-corrected chi connectivity index (χ1v) is 3.36. The van der Waals surface area contributed by atoms with Crippen LogP contribution in [-0.4, -0.2) is 22.0 Å². The van der Waals surface area contributed by atoms with Gasteiger partial charge in [-0.25, -0.2) is 9.78 Å². The van der Waals surface area contributed by atoms with Gasteiger partial charge in [0, 0.05) is 12.2 Å². The molecule has 14 heavy (non-hydrogen) atoms. The summed E-state index contributed by atoms with van der Waals surface area (Å²) in [5.74, 6) is -2.07. The smallest absolute Gasteiger partial charge is 0.550 e. The van der Waals surface area contributed by atoms with Gasteiger partial charge in [0.1, 0.15) is 5.69 Å². The summed E-state index contributed by atoms with van der Waals surface area (Å²) >= 11 is 0. The van der Waals surface area contributed by atoms with E-state index in [2.05, 4.69) is 4.98 Å². The van der Waals surface area contributed by atoms with Crippen LogP contribution in [0.3, 0.4) is 0 Å². The Balaban J connectivity index is 0. The van der Waals surface area contributed by atoms with E-state index in [0.717, 1.165) is 6.92 Å². The van der Waals surface area contributed by atoms with Crippen LogP contribution in [0, 0.1) is 0 Å². The fraction of sp³-hybridized carbons (Fsp3) is 0.125. The first-order valence-electron chi connectivity index (χ1n) is 3.36. The number of carbonyl (C=O) groups excluding carboxylic acids is 1. The molecule has 70 valence electrons. The molecular formula is C8H8LiNO4. The number of aromatic nitrogens is 1. The van der Waals surface area contributed by atoms with Crippen molar-refractivity contribution in [1.82, 2.24) is 4.98 Å². The minimum Gasteiger partial charge on any atom is -0.550 e. The standard InChI is InChI=1S/C6H5NO2.C2H4O2.Li/c8-6(9)5-3-1-2-4-7-5;1-2(3)4;/h1-4H,(H,8,9);1H3,(H,3,4);/q;;+1/p-1. The molecule has 1 rings (SSSR count). The van der Waals surface area contributed by atoms with Crippen LogP contribution in [0.25, 0.3) is 0 Å². The Morgan fingerprint density at radius 2 is 1.93 bits per heavy atom. The molecule has 0 unspecified atom stereocenters. The van der Waals surface area contributed by atoms with Crippen LogP contribution >= 0.6 is 0 Å². The third-order valence-corrected chi connectivity index (χ3v) is 0.884. The fourth-order valence-electron chi connectivity index (χ4n) is 0.489. The van der Waals surface area contributed by atoms with Crippen molar-refractivity contribution in [2.45, 2.75) is 6.92 Å². The third kappa shape index (κ3) is 8.78. The van der Waals surface area contributed by atoms with Crippen LogP contribution in [0.15, 0.2) is 24.4 Å². The number of carboxylic acid groups (broad SMARTS) is 2. The summed E-state index contributed by atoms with van der Waals surface area (Å²) < 4.78 is 0. The Labute approximate surface area is 93.0 Å². The normalized spacial score (nSPS) is 7.50. The van der Waals surface area contributed by atoms with Crippen LogP contribution in [0.2, 0.25) is 0 Å². The first-order chi connectivity index (χ1) is 6.04. The molecule has 0 spiro atoms. The monoisotopic (exact) mass is 189 g/mol. The number of carboxylic acids is 2. The molecule has 0 aliphatic heterocycles. The molecule has 5 nitrogen and oxygen atoms in total. The summed E-state index contributed by atoms with van der Waals surface area (Å²) in [6, 6.07) is 4.76. The van der Waals surface area contributed by atoms with Crippen LogP contribution in [0.4, 0.5) is 0 Å². The predicted octanol–water partition coefficient (Wildman–Crippen LogP) is -3.46. The van der Waals surface area contributed by atoms with Gasteiger partial charge in [-0.1, -0.05) is 6.07 Å². The molecule has 0 aliphatic carbocycles. The topological polar surface area (TPSA) is 90.3 Å². The van der Waals surface area contributed by atoms with Gasteiger partial charge >= 0.3 is 24.8 Å². The van der Waals surface area contributed by atoms with Gasteiger partial charge in [-0.15, -0.1) is 0 Å². The zero-order valence-electron chi connectivity index (χ0n) is 7.93. The third-order valence-electron chi connectivity index (χ3n) is 0.884. The van der Waals surface area contributed by atoms with Crippen LogP contribution in [0.5, 0.6) is 0 Å². The van der Waals surface area contributed by atoms with E-state index in [1.807, 2.05) is 0 Å². The van der Waals surface area contributed by atoms with Crippen LogP contribution in [0.1, 0.15) is 17.4 Å². The second kappa shape index (κ2) is 8.29. The second-order valence-corrected chi connectivity index (χ2v) is 2.01. The number of aromatic carboxylic acids is 1. The molecule has 1 aromatic heterocycles. The number of aliphatic carboxylic acids is 1. The van der Waals surface area contributed by atoms with Gasteiger partial charge in [-0.05, 0) is 19.1 Å². The molecule has 0 aromatic carbocycles. The molecule has 1 aromatic rings. The molecule has 0 amide bonds. The van der Waals surface area contributed by atoms with E-state index < -0.39 is 11.9 Å². The Bertz CT molecular complexity index is 285. The van der Waals surface area contributed by atoms with Crippen LogP contribution < -0.4 is 24.0 Å². The summed E-state index contributed by atoms with van der Waals surface area (Å²) in [4.78, 5) is 22.6.